The SMILES string of the molecule is Oc1c(I)cc(-c2cc(I)c(O)c(I)c2)cc1I. The molecule has 0 aromatic heterocycles. The Morgan fingerprint density at radius 2 is 0.778 bits per heavy atom. The van der Waals surface area contributed by atoms with Crippen molar-refractivity contribution in [2.75, 3.05) is 0 Å². The zero-order chi connectivity index (χ0) is 13.4. The lowest BCUT2D eigenvalue weighted by atomic mass is 10.1. The number of hydrogen-bond acceptors (Lipinski definition) is 2. The average molecular weight is 690 g/mol. The van der Waals surface area contributed by atoms with Gasteiger partial charge in [0.15, 0.2) is 0 Å². The summed E-state index contributed by atoms with van der Waals surface area (Å²) in [7, 11) is 0. The maximum absolute atomic E-state index is 9.77. The Hall–Kier alpha value is 0.960. The minimum atomic E-state index is 0.322. The van der Waals surface area contributed by atoms with E-state index in [2.05, 4.69) is 90.4 Å². The maximum atomic E-state index is 9.77. The molecule has 0 radical (unpaired) electrons. The molecule has 0 unspecified atom stereocenters. The molecule has 94 valence electrons. The fourth-order valence-corrected chi connectivity index (χ4v) is 5.00. The number of hydrogen-bond donors (Lipinski definition) is 2. The van der Waals surface area contributed by atoms with Crippen LogP contribution in [0.1, 0.15) is 0 Å². The van der Waals surface area contributed by atoms with Gasteiger partial charge in [-0.3, -0.25) is 0 Å². The van der Waals surface area contributed by atoms with Crippen LogP contribution < -0.4 is 0 Å². The van der Waals surface area contributed by atoms with Crippen LogP contribution in [0.5, 0.6) is 11.5 Å². The molecule has 2 nitrogen and oxygen atoms in total. The summed E-state index contributed by atoms with van der Waals surface area (Å²) in [6, 6.07) is 7.76. The summed E-state index contributed by atoms with van der Waals surface area (Å²) in [6.07, 6.45) is 0. The number of aromatic hydroxyl groups is 2. The Balaban J connectivity index is 2.63. The van der Waals surface area contributed by atoms with E-state index in [1.165, 1.54) is 0 Å². The first kappa shape index (κ1) is 15.4. The number of phenolic OH excluding ortho intramolecular Hbond substituents is 2. The van der Waals surface area contributed by atoms with E-state index < -0.39 is 0 Å². The van der Waals surface area contributed by atoms with Gasteiger partial charge in [0.2, 0.25) is 0 Å². The summed E-state index contributed by atoms with van der Waals surface area (Å²) in [6.45, 7) is 0. The van der Waals surface area contributed by atoms with Crippen molar-refractivity contribution in [1.82, 2.24) is 0 Å². The third-order valence-corrected chi connectivity index (χ3v) is 5.66. The third kappa shape index (κ3) is 3.16. The molecule has 2 rings (SSSR count). The molecule has 2 aromatic carbocycles. The van der Waals surface area contributed by atoms with Gasteiger partial charge in [0, 0.05) is 0 Å². The van der Waals surface area contributed by atoms with Crippen LogP contribution in [0, 0.1) is 14.3 Å². The Labute approximate surface area is 159 Å². The normalized spacial score (nSPS) is 10.7. The number of rotatable bonds is 1. The van der Waals surface area contributed by atoms with Gasteiger partial charge in [0.1, 0.15) is 11.5 Å². The van der Waals surface area contributed by atoms with Crippen molar-refractivity contribution in [3.05, 3.63) is 38.5 Å². The lowest BCUT2D eigenvalue weighted by Gasteiger charge is -2.09. The van der Waals surface area contributed by atoms with Crippen LogP contribution in [0.25, 0.3) is 11.1 Å². The molecule has 0 bridgehead atoms. The van der Waals surface area contributed by atoms with E-state index >= 15 is 0 Å². The van der Waals surface area contributed by atoms with Gasteiger partial charge in [0.05, 0.1) is 14.3 Å². The Kier molecular flexibility index (Phi) is 5.25. The smallest absolute Gasteiger partial charge is 0.142 e. The number of phenols is 2. The van der Waals surface area contributed by atoms with E-state index in [4.69, 9.17) is 0 Å². The van der Waals surface area contributed by atoms with Crippen molar-refractivity contribution >= 4 is 90.4 Å². The minimum absolute atomic E-state index is 0.322. The van der Waals surface area contributed by atoms with Gasteiger partial charge in [-0.1, -0.05) is 0 Å². The molecular formula is C12H6I4O2. The highest BCUT2D eigenvalue weighted by Crippen LogP contribution is 2.35. The van der Waals surface area contributed by atoms with E-state index in [0.717, 1.165) is 25.4 Å². The second-order valence-corrected chi connectivity index (χ2v) is 8.23. The molecule has 0 atom stereocenters. The van der Waals surface area contributed by atoms with Crippen LogP contribution >= 0.6 is 90.4 Å². The Morgan fingerprint density at radius 1 is 0.556 bits per heavy atom. The molecule has 0 saturated heterocycles. The van der Waals surface area contributed by atoms with Gasteiger partial charge in [-0.25, -0.2) is 0 Å². The molecule has 0 fully saturated rings. The fourth-order valence-electron chi connectivity index (χ4n) is 1.46. The van der Waals surface area contributed by atoms with Crippen LogP contribution in [-0.4, -0.2) is 10.2 Å². The van der Waals surface area contributed by atoms with Crippen LogP contribution in [-0.2, 0) is 0 Å². The van der Waals surface area contributed by atoms with Crippen LogP contribution in [0.2, 0.25) is 0 Å². The number of halogens is 4. The largest absolute Gasteiger partial charge is 0.506 e. The molecule has 0 spiro atoms. The van der Waals surface area contributed by atoms with Crippen molar-refractivity contribution in [3.8, 4) is 22.6 Å². The van der Waals surface area contributed by atoms with Crippen molar-refractivity contribution in [1.29, 1.82) is 0 Å². The van der Waals surface area contributed by atoms with Crippen molar-refractivity contribution in [2.45, 2.75) is 0 Å². The second kappa shape index (κ2) is 6.16. The van der Waals surface area contributed by atoms with Gasteiger partial charge < -0.3 is 10.2 Å². The monoisotopic (exact) mass is 690 g/mol. The molecule has 2 N–H and O–H groups in total. The van der Waals surface area contributed by atoms with Crippen molar-refractivity contribution in [2.24, 2.45) is 0 Å². The first-order chi connectivity index (χ1) is 8.40. The summed E-state index contributed by atoms with van der Waals surface area (Å²) < 4.78 is 3.31. The topological polar surface area (TPSA) is 40.5 Å². The predicted molar refractivity (Wildman–Crippen MR) is 106 cm³/mol. The minimum Gasteiger partial charge on any atom is -0.506 e. The van der Waals surface area contributed by atoms with E-state index in [1.54, 1.807) is 0 Å². The lowest BCUT2D eigenvalue weighted by molar-refractivity contribution is 0.467. The van der Waals surface area contributed by atoms with Gasteiger partial charge in [-0.05, 0) is 126 Å². The summed E-state index contributed by atoms with van der Waals surface area (Å²) >= 11 is 8.47. The zero-order valence-corrected chi connectivity index (χ0v) is 17.3. The van der Waals surface area contributed by atoms with Crippen molar-refractivity contribution in [3.63, 3.8) is 0 Å². The lowest BCUT2D eigenvalue weighted by Crippen LogP contribution is -1.87. The number of benzene rings is 2. The molecule has 18 heavy (non-hydrogen) atoms. The molecule has 0 heterocycles. The molecule has 0 aliphatic rings. The highest BCUT2D eigenvalue weighted by Gasteiger charge is 2.11. The highest BCUT2D eigenvalue weighted by atomic mass is 127. The molecule has 0 aliphatic heterocycles. The van der Waals surface area contributed by atoms with Crippen LogP contribution in [0.4, 0.5) is 0 Å². The first-order valence-corrected chi connectivity index (χ1v) is 9.08. The Bertz CT molecular complexity index is 524. The average Bonchev–Trinajstić information content (AvgIpc) is 2.31. The summed E-state index contributed by atoms with van der Waals surface area (Å²) in [4.78, 5) is 0. The molecular weight excluding hydrogens is 684 g/mol. The Morgan fingerprint density at radius 3 is 1.00 bits per heavy atom. The van der Waals surface area contributed by atoms with Gasteiger partial charge in [-0.15, -0.1) is 0 Å². The van der Waals surface area contributed by atoms with E-state index in [1.807, 2.05) is 24.3 Å². The molecule has 2 aromatic rings. The van der Waals surface area contributed by atoms with E-state index in [9.17, 15) is 10.2 Å². The molecule has 6 heteroatoms. The predicted octanol–water partition coefficient (Wildman–Crippen LogP) is 5.18. The molecule has 0 amide bonds. The maximum Gasteiger partial charge on any atom is 0.142 e. The quantitative estimate of drug-likeness (QED) is 0.406. The van der Waals surface area contributed by atoms with E-state index in [0.29, 0.717) is 11.5 Å². The van der Waals surface area contributed by atoms with Gasteiger partial charge in [-0.2, -0.15) is 0 Å². The standard InChI is InChI=1S/C12H6I4O2/c13-7-1-5(2-8(14)11(7)17)6-3-9(15)12(18)10(16)4-6/h1-4,17-18H. The van der Waals surface area contributed by atoms with Gasteiger partial charge >= 0.3 is 0 Å². The fraction of sp³-hybridized carbons (Fsp3) is 0. The van der Waals surface area contributed by atoms with Crippen LogP contribution in [0.3, 0.4) is 0 Å². The van der Waals surface area contributed by atoms with E-state index in [-0.39, 0.29) is 0 Å². The van der Waals surface area contributed by atoms with Crippen LogP contribution in [0.15, 0.2) is 24.3 Å². The molecule has 0 aliphatic carbocycles. The summed E-state index contributed by atoms with van der Waals surface area (Å²) in [5.41, 5.74) is 2.08. The summed E-state index contributed by atoms with van der Waals surface area (Å²) in [5.74, 6) is 0.645. The molecule has 0 saturated carbocycles. The highest BCUT2D eigenvalue weighted by molar-refractivity contribution is 14.1. The first-order valence-electron chi connectivity index (χ1n) is 4.76. The third-order valence-electron chi connectivity index (χ3n) is 2.37. The van der Waals surface area contributed by atoms with Crippen molar-refractivity contribution < 1.29 is 10.2 Å². The summed E-state index contributed by atoms with van der Waals surface area (Å²) in [5, 5.41) is 19.5. The zero-order valence-electron chi connectivity index (χ0n) is 8.72. The second-order valence-electron chi connectivity index (χ2n) is 3.58. The van der Waals surface area contributed by atoms with Gasteiger partial charge in [0.25, 0.3) is 0 Å².